The van der Waals surface area contributed by atoms with Gasteiger partial charge in [-0.3, -0.25) is 4.79 Å². The van der Waals surface area contributed by atoms with Crippen LogP contribution in [0.15, 0.2) is 36.8 Å². The zero-order valence-corrected chi connectivity index (χ0v) is 16.9. The van der Waals surface area contributed by atoms with E-state index in [0.717, 1.165) is 29.4 Å². The number of carbonyl (C=O) groups is 2. The van der Waals surface area contributed by atoms with Crippen molar-refractivity contribution < 1.29 is 9.59 Å². The fourth-order valence-electron chi connectivity index (χ4n) is 3.72. The zero-order valence-electron chi connectivity index (χ0n) is 16.1. The van der Waals surface area contributed by atoms with E-state index in [9.17, 15) is 9.59 Å². The van der Waals surface area contributed by atoms with Gasteiger partial charge >= 0.3 is 6.03 Å². The number of piperidine rings is 1. The van der Waals surface area contributed by atoms with E-state index in [1.54, 1.807) is 16.8 Å². The Morgan fingerprint density at radius 2 is 2.24 bits per heavy atom. The number of H-pyrrole nitrogens is 2. The number of halogens is 1. The van der Waals surface area contributed by atoms with E-state index >= 15 is 0 Å². The van der Waals surface area contributed by atoms with Gasteiger partial charge in [0.05, 0.1) is 25.1 Å². The molecule has 9 heteroatoms. The highest BCUT2D eigenvalue weighted by atomic mass is 35.5. The second-order valence-electron chi connectivity index (χ2n) is 7.31. The molecule has 0 saturated carbocycles. The van der Waals surface area contributed by atoms with Crippen molar-refractivity contribution in [3.8, 4) is 0 Å². The van der Waals surface area contributed by atoms with Crippen LogP contribution >= 0.6 is 11.6 Å². The third-order valence-electron chi connectivity index (χ3n) is 5.35. The van der Waals surface area contributed by atoms with Crippen LogP contribution < -0.4 is 5.32 Å². The Kier molecular flexibility index (Phi) is 5.44. The molecule has 0 bridgehead atoms. The van der Waals surface area contributed by atoms with Gasteiger partial charge in [0.2, 0.25) is 0 Å². The van der Waals surface area contributed by atoms with Crippen molar-refractivity contribution in [3.63, 3.8) is 0 Å². The number of imidazole rings is 1. The summed E-state index contributed by atoms with van der Waals surface area (Å²) in [7, 11) is 1.77. The first-order chi connectivity index (χ1) is 14.0. The molecule has 1 saturated heterocycles. The monoisotopic (exact) mass is 414 g/mol. The number of benzene rings is 1. The number of fused-ring (bicyclic) bond motifs is 1. The highest BCUT2D eigenvalue weighted by Crippen LogP contribution is 2.20. The van der Waals surface area contributed by atoms with Crippen molar-refractivity contribution in [2.45, 2.75) is 25.4 Å². The molecule has 1 unspecified atom stereocenters. The van der Waals surface area contributed by atoms with E-state index < -0.39 is 0 Å². The number of amides is 3. The molecule has 1 aliphatic heterocycles. The molecule has 1 aliphatic rings. The quantitative estimate of drug-likeness (QED) is 0.612. The first-order valence-electron chi connectivity index (χ1n) is 9.57. The van der Waals surface area contributed by atoms with Gasteiger partial charge in [-0.05, 0) is 37.1 Å². The predicted octanol–water partition coefficient (Wildman–Crippen LogP) is 2.99. The summed E-state index contributed by atoms with van der Waals surface area (Å²) < 4.78 is 0. The van der Waals surface area contributed by atoms with Crippen molar-refractivity contribution in [1.82, 2.24) is 30.1 Å². The summed E-state index contributed by atoms with van der Waals surface area (Å²) in [6, 6.07) is 7.42. The van der Waals surface area contributed by atoms with Gasteiger partial charge in [0.1, 0.15) is 5.69 Å². The molecule has 3 amide bonds. The van der Waals surface area contributed by atoms with Crippen LogP contribution in [0.3, 0.4) is 0 Å². The Morgan fingerprint density at radius 1 is 1.38 bits per heavy atom. The molecule has 3 N–H and O–H groups in total. The average Bonchev–Trinajstić information content (AvgIpc) is 3.40. The van der Waals surface area contributed by atoms with Gasteiger partial charge in [0, 0.05) is 41.8 Å². The minimum absolute atomic E-state index is 0.0304. The van der Waals surface area contributed by atoms with Crippen molar-refractivity contribution in [2.24, 2.45) is 0 Å². The van der Waals surface area contributed by atoms with Gasteiger partial charge in [-0.2, -0.15) is 0 Å². The van der Waals surface area contributed by atoms with Gasteiger partial charge in [-0.25, -0.2) is 9.78 Å². The smallest absolute Gasteiger partial charge is 0.317 e. The van der Waals surface area contributed by atoms with Crippen molar-refractivity contribution in [1.29, 1.82) is 0 Å². The Morgan fingerprint density at radius 3 is 3.03 bits per heavy atom. The van der Waals surface area contributed by atoms with E-state index in [2.05, 4.69) is 20.3 Å². The number of urea groups is 1. The Bertz CT molecular complexity index is 1020. The zero-order chi connectivity index (χ0) is 20.4. The van der Waals surface area contributed by atoms with Crippen molar-refractivity contribution in [2.75, 3.05) is 20.1 Å². The number of rotatable bonds is 4. The number of nitrogens with zero attached hydrogens (tertiary/aromatic N) is 3. The summed E-state index contributed by atoms with van der Waals surface area (Å²) in [5, 5.41) is 4.63. The van der Waals surface area contributed by atoms with Crippen LogP contribution in [0.4, 0.5) is 4.79 Å². The molecule has 0 radical (unpaired) electrons. The molecular weight excluding hydrogens is 392 g/mol. The lowest BCUT2D eigenvalue weighted by Crippen LogP contribution is -2.52. The van der Waals surface area contributed by atoms with E-state index in [-0.39, 0.29) is 18.0 Å². The standard InChI is InChI=1S/C20H23ClN6O2/c1-26(16-3-2-6-27(11-16)19(28)18-10-22-12-24-18)20(29)23-9-15-8-13-7-14(21)4-5-17(13)25-15/h4-5,7-8,10,12,16,25H,2-3,6,9,11H2,1H3,(H,22,24)(H,23,29). The molecule has 8 nitrogen and oxygen atoms in total. The molecule has 4 rings (SSSR count). The number of carbonyl (C=O) groups excluding carboxylic acids is 2. The molecule has 3 aromatic rings. The van der Waals surface area contributed by atoms with E-state index in [1.165, 1.54) is 12.5 Å². The summed E-state index contributed by atoms with van der Waals surface area (Å²) in [5.41, 5.74) is 2.35. The van der Waals surface area contributed by atoms with Crippen LogP contribution in [0.1, 0.15) is 29.0 Å². The van der Waals surface area contributed by atoms with Crippen LogP contribution in [-0.2, 0) is 6.54 Å². The van der Waals surface area contributed by atoms with E-state index in [4.69, 9.17) is 11.6 Å². The van der Waals surface area contributed by atoms with Gasteiger partial charge < -0.3 is 25.1 Å². The number of aromatic nitrogens is 3. The van der Waals surface area contributed by atoms with Crippen LogP contribution in [0.5, 0.6) is 0 Å². The summed E-state index contributed by atoms with van der Waals surface area (Å²) in [4.78, 5) is 38.7. The predicted molar refractivity (Wildman–Crippen MR) is 111 cm³/mol. The molecule has 3 heterocycles. The number of hydrogen-bond acceptors (Lipinski definition) is 3. The fraction of sp³-hybridized carbons (Fsp3) is 0.350. The molecule has 1 fully saturated rings. The van der Waals surface area contributed by atoms with Gasteiger partial charge in [-0.1, -0.05) is 11.6 Å². The normalized spacial score (nSPS) is 16.8. The number of nitrogens with one attached hydrogen (secondary N) is 3. The number of aromatic amines is 2. The first kappa shape index (κ1) is 19.3. The molecule has 1 aromatic carbocycles. The fourth-order valence-corrected chi connectivity index (χ4v) is 3.90. The number of likely N-dealkylation sites (tertiary alicyclic amines) is 1. The lowest BCUT2D eigenvalue weighted by molar-refractivity contribution is 0.0631. The highest BCUT2D eigenvalue weighted by Gasteiger charge is 2.29. The summed E-state index contributed by atoms with van der Waals surface area (Å²) in [6.45, 7) is 1.58. The number of likely N-dealkylation sites (N-methyl/N-ethyl adjacent to an activating group) is 1. The molecule has 0 aliphatic carbocycles. The van der Waals surface area contributed by atoms with Crippen molar-refractivity contribution in [3.05, 3.63) is 53.2 Å². The minimum Gasteiger partial charge on any atom is -0.357 e. The second kappa shape index (κ2) is 8.16. The van der Waals surface area contributed by atoms with Crippen LogP contribution in [0.2, 0.25) is 5.02 Å². The average molecular weight is 415 g/mol. The molecule has 2 aromatic heterocycles. The van der Waals surface area contributed by atoms with Crippen molar-refractivity contribution >= 4 is 34.4 Å². The maximum atomic E-state index is 12.7. The van der Waals surface area contributed by atoms with Gasteiger partial charge in [-0.15, -0.1) is 0 Å². The Hall–Kier alpha value is -3.00. The lowest BCUT2D eigenvalue weighted by atomic mass is 10.0. The maximum Gasteiger partial charge on any atom is 0.317 e. The third kappa shape index (κ3) is 4.22. The largest absolute Gasteiger partial charge is 0.357 e. The van der Waals surface area contributed by atoms with Crippen LogP contribution in [0, 0.1) is 0 Å². The number of hydrogen-bond donors (Lipinski definition) is 3. The minimum atomic E-state index is -0.164. The Labute approximate surface area is 173 Å². The Balaban J connectivity index is 1.34. The van der Waals surface area contributed by atoms with Gasteiger partial charge in [0.25, 0.3) is 5.91 Å². The maximum absolute atomic E-state index is 12.7. The first-order valence-corrected chi connectivity index (χ1v) is 9.94. The third-order valence-corrected chi connectivity index (χ3v) is 5.58. The van der Waals surface area contributed by atoms with E-state index in [0.29, 0.717) is 30.4 Å². The molecular formula is C20H23ClN6O2. The summed E-state index contributed by atoms with van der Waals surface area (Å²) in [6.07, 6.45) is 4.73. The summed E-state index contributed by atoms with van der Waals surface area (Å²) in [5.74, 6) is -0.0854. The SMILES string of the molecule is CN(C(=O)NCc1cc2cc(Cl)ccc2[nH]1)C1CCCN(C(=O)c2cnc[nH]2)C1. The molecule has 152 valence electrons. The second-order valence-corrected chi connectivity index (χ2v) is 7.74. The molecule has 29 heavy (non-hydrogen) atoms. The van der Waals surface area contributed by atoms with E-state index in [1.807, 2.05) is 24.3 Å². The molecule has 0 spiro atoms. The molecule has 1 atom stereocenters. The topological polar surface area (TPSA) is 97.1 Å². The summed E-state index contributed by atoms with van der Waals surface area (Å²) >= 11 is 6.03. The van der Waals surface area contributed by atoms with Gasteiger partial charge in [0.15, 0.2) is 0 Å². The lowest BCUT2D eigenvalue weighted by Gasteiger charge is -2.37. The van der Waals surface area contributed by atoms with Crippen LogP contribution in [-0.4, -0.2) is 62.9 Å². The van der Waals surface area contributed by atoms with Crippen LogP contribution in [0.25, 0.3) is 10.9 Å². The highest BCUT2D eigenvalue weighted by molar-refractivity contribution is 6.31.